The van der Waals surface area contributed by atoms with Crippen LogP contribution in [0.1, 0.15) is 120 Å². The summed E-state index contributed by atoms with van der Waals surface area (Å²) in [6, 6.07) is 4.53. The molecule has 2 aromatic rings. The Morgan fingerprint density at radius 1 is 0.914 bits per heavy atom. The second-order valence-corrected chi connectivity index (χ2v) is 10.2. The molecule has 1 aliphatic carbocycles. The average molecular weight is 483 g/mol. The molecule has 0 unspecified atom stereocenters. The number of carbonyl (C=O) groups excluding carboxylic acids is 1. The van der Waals surface area contributed by atoms with Gasteiger partial charge < -0.3 is 4.74 Å². The molecule has 1 aromatic carbocycles. The lowest BCUT2D eigenvalue weighted by molar-refractivity contribution is 0.0156. The number of halogens is 1. The molecule has 192 valence electrons. The molecule has 1 aromatic heterocycles. The van der Waals surface area contributed by atoms with Crippen molar-refractivity contribution < 1.29 is 13.9 Å². The Hall–Kier alpha value is -2.30. The number of hydrogen-bond acceptors (Lipinski definition) is 4. The first-order chi connectivity index (χ1) is 17.1. The van der Waals surface area contributed by atoms with Crippen LogP contribution in [0.4, 0.5) is 4.39 Å². The van der Waals surface area contributed by atoms with Crippen molar-refractivity contribution in [1.82, 2.24) is 9.97 Å². The lowest BCUT2D eigenvalue weighted by Gasteiger charge is -2.28. The number of unbranched alkanes of at least 4 members (excludes halogenated alkanes) is 7. The molecule has 0 N–H and O–H groups in total. The molecule has 0 amide bonds. The largest absolute Gasteiger partial charge is 0.459 e. The fraction of sp³-hybridized carbons (Fsp3) is 0.633. The maximum absolute atomic E-state index is 14.8. The Morgan fingerprint density at radius 3 is 2.23 bits per heavy atom. The van der Waals surface area contributed by atoms with Gasteiger partial charge in [-0.15, -0.1) is 0 Å². The summed E-state index contributed by atoms with van der Waals surface area (Å²) in [4.78, 5) is 21.4. The van der Waals surface area contributed by atoms with Crippen LogP contribution in [-0.4, -0.2) is 22.0 Å². The van der Waals surface area contributed by atoms with Crippen molar-refractivity contribution in [2.75, 3.05) is 0 Å². The predicted octanol–water partition coefficient (Wildman–Crippen LogP) is 8.48. The van der Waals surface area contributed by atoms with Crippen molar-refractivity contribution in [2.24, 2.45) is 5.92 Å². The SMILES string of the molecule is CCCCCCC[C@H]1CC[C@H](OC(=O)c2ccc(-c3ncc(CCCCCC)cn3)cc2F)CC1. The minimum absolute atomic E-state index is 0.0145. The fourth-order valence-electron chi connectivity index (χ4n) is 5.00. The van der Waals surface area contributed by atoms with Crippen molar-refractivity contribution >= 4 is 5.97 Å². The van der Waals surface area contributed by atoms with Gasteiger partial charge in [0.25, 0.3) is 0 Å². The quantitative estimate of drug-likeness (QED) is 0.200. The molecule has 1 heterocycles. The van der Waals surface area contributed by atoms with Crippen LogP contribution < -0.4 is 0 Å². The van der Waals surface area contributed by atoms with E-state index < -0.39 is 11.8 Å². The smallest absolute Gasteiger partial charge is 0.341 e. The zero-order chi connectivity index (χ0) is 24.9. The van der Waals surface area contributed by atoms with E-state index in [0.717, 1.165) is 50.0 Å². The molecule has 0 radical (unpaired) electrons. The number of aromatic nitrogens is 2. The topological polar surface area (TPSA) is 52.1 Å². The van der Waals surface area contributed by atoms with Crippen LogP contribution in [0.3, 0.4) is 0 Å². The van der Waals surface area contributed by atoms with Crippen LogP contribution in [0.2, 0.25) is 0 Å². The van der Waals surface area contributed by atoms with Gasteiger partial charge >= 0.3 is 5.97 Å². The minimum atomic E-state index is -0.583. The molecule has 1 fully saturated rings. The zero-order valence-corrected chi connectivity index (χ0v) is 21.7. The van der Waals surface area contributed by atoms with Gasteiger partial charge in [0, 0.05) is 18.0 Å². The van der Waals surface area contributed by atoms with Crippen LogP contribution in [0.15, 0.2) is 30.6 Å². The Morgan fingerprint density at radius 2 is 1.57 bits per heavy atom. The van der Waals surface area contributed by atoms with Crippen LogP contribution >= 0.6 is 0 Å². The molecule has 35 heavy (non-hydrogen) atoms. The number of ether oxygens (including phenoxy) is 1. The molecule has 0 spiro atoms. The molecule has 0 aliphatic heterocycles. The molecule has 3 rings (SSSR count). The first-order valence-corrected chi connectivity index (χ1v) is 13.9. The number of rotatable bonds is 14. The highest BCUT2D eigenvalue weighted by molar-refractivity contribution is 5.90. The average Bonchev–Trinajstić information content (AvgIpc) is 2.88. The molecule has 4 nitrogen and oxygen atoms in total. The highest BCUT2D eigenvalue weighted by Gasteiger charge is 2.25. The van der Waals surface area contributed by atoms with Gasteiger partial charge in [0.1, 0.15) is 11.9 Å². The second-order valence-electron chi connectivity index (χ2n) is 10.2. The normalized spacial score (nSPS) is 17.9. The monoisotopic (exact) mass is 482 g/mol. The molecule has 1 aliphatic rings. The van der Waals surface area contributed by atoms with Gasteiger partial charge in [-0.25, -0.2) is 19.2 Å². The van der Waals surface area contributed by atoms with Gasteiger partial charge in [0.05, 0.1) is 5.56 Å². The number of hydrogen-bond donors (Lipinski definition) is 0. The first kappa shape index (κ1) is 27.3. The van der Waals surface area contributed by atoms with Crippen molar-refractivity contribution in [3.05, 3.63) is 47.5 Å². The number of nitrogens with zero attached hydrogens (tertiary/aromatic N) is 2. The molecular formula is C30H43FN2O2. The Kier molecular flexibility index (Phi) is 11.7. The van der Waals surface area contributed by atoms with Crippen LogP contribution in [0, 0.1) is 11.7 Å². The van der Waals surface area contributed by atoms with E-state index >= 15 is 0 Å². The lowest BCUT2D eigenvalue weighted by Crippen LogP contribution is -2.25. The summed E-state index contributed by atoms with van der Waals surface area (Å²) >= 11 is 0. The van der Waals surface area contributed by atoms with Gasteiger partial charge in [-0.3, -0.25) is 0 Å². The van der Waals surface area contributed by atoms with Crippen LogP contribution in [0.5, 0.6) is 0 Å². The highest BCUT2D eigenvalue weighted by atomic mass is 19.1. The predicted molar refractivity (Wildman–Crippen MR) is 140 cm³/mol. The van der Waals surface area contributed by atoms with E-state index in [1.165, 1.54) is 69.9 Å². The maximum atomic E-state index is 14.8. The molecule has 5 heteroatoms. The number of benzene rings is 1. The lowest BCUT2D eigenvalue weighted by atomic mass is 9.84. The Bertz CT molecular complexity index is 892. The third kappa shape index (κ3) is 9.01. The van der Waals surface area contributed by atoms with Crippen molar-refractivity contribution in [2.45, 2.75) is 116 Å². The van der Waals surface area contributed by atoms with Crippen LogP contribution in [-0.2, 0) is 11.2 Å². The van der Waals surface area contributed by atoms with E-state index in [2.05, 4.69) is 23.8 Å². The van der Waals surface area contributed by atoms with Gasteiger partial charge in [-0.05, 0) is 62.1 Å². The molecule has 1 saturated carbocycles. The summed E-state index contributed by atoms with van der Waals surface area (Å²) in [6.07, 6.45) is 21.1. The fourth-order valence-corrected chi connectivity index (χ4v) is 5.00. The van der Waals surface area contributed by atoms with Gasteiger partial charge in [0.2, 0.25) is 0 Å². The van der Waals surface area contributed by atoms with Crippen molar-refractivity contribution in [3.63, 3.8) is 0 Å². The van der Waals surface area contributed by atoms with E-state index in [9.17, 15) is 9.18 Å². The number of carbonyl (C=O) groups is 1. The molecule has 0 bridgehead atoms. The second kappa shape index (κ2) is 15.0. The molecular weight excluding hydrogens is 439 g/mol. The number of aryl methyl sites for hydroxylation is 1. The highest BCUT2D eigenvalue weighted by Crippen LogP contribution is 2.31. The summed E-state index contributed by atoms with van der Waals surface area (Å²) in [5.74, 6) is 0.0559. The van der Waals surface area contributed by atoms with E-state index in [1.54, 1.807) is 6.07 Å². The standard InChI is InChI=1S/C30H43FN2O2/c1-3-5-7-9-11-12-23-14-17-26(18-15-23)35-30(34)27-19-16-25(20-28(27)31)29-32-21-24(22-33-29)13-10-8-6-4-2/h16,19-23,26H,3-15,17-18H2,1-2H3/t23-,26-. The van der Waals surface area contributed by atoms with E-state index in [1.807, 2.05) is 12.4 Å². The van der Waals surface area contributed by atoms with E-state index in [-0.39, 0.29) is 11.7 Å². The summed E-state index contributed by atoms with van der Waals surface area (Å²) < 4.78 is 20.5. The third-order valence-corrected chi connectivity index (χ3v) is 7.25. The Balaban J connectivity index is 1.46. The Labute approximate surface area is 211 Å². The van der Waals surface area contributed by atoms with Gasteiger partial charge in [0.15, 0.2) is 5.82 Å². The van der Waals surface area contributed by atoms with Crippen molar-refractivity contribution in [1.29, 1.82) is 0 Å². The van der Waals surface area contributed by atoms with Gasteiger partial charge in [-0.1, -0.05) is 77.7 Å². The summed E-state index contributed by atoms with van der Waals surface area (Å²) in [6.45, 7) is 4.44. The van der Waals surface area contributed by atoms with Crippen LogP contribution in [0.25, 0.3) is 11.4 Å². The number of esters is 1. The van der Waals surface area contributed by atoms with E-state index in [4.69, 9.17) is 4.74 Å². The zero-order valence-electron chi connectivity index (χ0n) is 21.7. The van der Waals surface area contributed by atoms with E-state index in [0.29, 0.717) is 11.4 Å². The van der Waals surface area contributed by atoms with Crippen molar-refractivity contribution in [3.8, 4) is 11.4 Å². The van der Waals surface area contributed by atoms with Gasteiger partial charge in [-0.2, -0.15) is 0 Å². The molecule has 0 atom stereocenters. The summed E-state index contributed by atoms with van der Waals surface area (Å²) in [7, 11) is 0. The third-order valence-electron chi connectivity index (χ3n) is 7.25. The minimum Gasteiger partial charge on any atom is -0.459 e. The first-order valence-electron chi connectivity index (χ1n) is 13.9. The maximum Gasteiger partial charge on any atom is 0.341 e. The summed E-state index contributed by atoms with van der Waals surface area (Å²) in [5.41, 5.74) is 1.65. The molecule has 0 saturated heterocycles. The summed E-state index contributed by atoms with van der Waals surface area (Å²) in [5, 5.41) is 0.